The van der Waals surface area contributed by atoms with E-state index in [1.807, 2.05) is 36.6 Å². The first-order chi connectivity index (χ1) is 8.74. The highest BCUT2D eigenvalue weighted by atomic mass is 35.5. The maximum Gasteiger partial charge on any atom is 0.140 e. The van der Waals surface area contributed by atoms with E-state index >= 15 is 0 Å². The van der Waals surface area contributed by atoms with Gasteiger partial charge in [-0.05, 0) is 31.4 Å². The predicted molar refractivity (Wildman–Crippen MR) is 79.0 cm³/mol. The van der Waals surface area contributed by atoms with E-state index in [4.69, 9.17) is 16.3 Å². The first-order valence-corrected chi connectivity index (χ1v) is 7.47. The normalized spacial score (nSPS) is 10.4. The quantitative estimate of drug-likeness (QED) is 0.558. The van der Waals surface area contributed by atoms with Crippen LogP contribution in [-0.4, -0.2) is 6.26 Å². The fraction of sp³-hybridized carbons (Fsp3) is 0.200. The van der Waals surface area contributed by atoms with Crippen LogP contribution >= 0.6 is 23.4 Å². The Labute approximate surface area is 117 Å². The first kappa shape index (κ1) is 13.3. The Bertz CT molecular complexity index is 540. The molecule has 2 aromatic rings. The molecule has 2 aromatic carbocycles. The van der Waals surface area contributed by atoms with E-state index in [-0.39, 0.29) is 0 Å². The van der Waals surface area contributed by atoms with Gasteiger partial charge in [-0.2, -0.15) is 0 Å². The molecule has 0 atom stereocenters. The molecule has 18 heavy (non-hydrogen) atoms. The van der Waals surface area contributed by atoms with Gasteiger partial charge in [0.25, 0.3) is 0 Å². The number of halogens is 1. The van der Waals surface area contributed by atoms with Gasteiger partial charge in [0, 0.05) is 10.5 Å². The molecule has 3 heteroatoms. The minimum atomic E-state index is 0.457. The number of ether oxygens (including phenoxy) is 1. The van der Waals surface area contributed by atoms with Gasteiger partial charge in [-0.1, -0.05) is 29.8 Å². The minimum Gasteiger partial charge on any atom is -0.456 e. The second-order valence-electron chi connectivity index (χ2n) is 4.00. The molecule has 0 N–H and O–H groups in total. The second kappa shape index (κ2) is 6.17. The number of hydrogen-bond donors (Lipinski definition) is 0. The number of aryl methyl sites for hydroxylation is 1. The molecule has 1 nitrogen and oxygen atoms in total. The molecule has 0 radical (unpaired) electrons. The topological polar surface area (TPSA) is 9.23 Å². The van der Waals surface area contributed by atoms with Gasteiger partial charge < -0.3 is 4.74 Å². The van der Waals surface area contributed by atoms with Crippen LogP contribution in [0.2, 0.25) is 0 Å². The van der Waals surface area contributed by atoms with E-state index in [2.05, 4.69) is 19.1 Å². The summed E-state index contributed by atoms with van der Waals surface area (Å²) in [6.45, 7) is 2.05. The largest absolute Gasteiger partial charge is 0.456 e. The van der Waals surface area contributed by atoms with Crippen molar-refractivity contribution in [2.24, 2.45) is 0 Å². The van der Waals surface area contributed by atoms with Crippen molar-refractivity contribution in [1.82, 2.24) is 0 Å². The second-order valence-corrected chi connectivity index (χ2v) is 5.11. The molecule has 0 saturated carbocycles. The number of alkyl halides is 1. The maximum atomic E-state index is 5.97. The molecule has 0 aromatic heterocycles. The van der Waals surface area contributed by atoms with Gasteiger partial charge in [0.1, 0.15) is 11.5 Å². The lowest BCUT2D eigenvalue weighted by atomic mass is 10.1. The summed E-state index contributed by atoms with van der Waals surface area (Å²) in [4.78, 5) is 1.12. The Morgan fingerprint density at radius 2 is 1.89 bits per heavy atom. The van der Waals surface area contributed by atoms with Crippen molar-refractivity contribution < 1.29 is 4.74 Å². The molecular weight excluding hydrogens is 264 g/mol. The van der Waals surface area contributed by atoms with Crippen LogP contribution in [0.3, 0.4) is 0 Å². The summed E-state index contributed by atoms with van der Waals surface area (Å²) in [5.74, 6) is 2.16. The van der Waals surface area contributed by atoms with Crippen molar-refractivity contribution in [2.45, 2.75) is 17.7 Å². The maximum absolute atomic E-state index is 5.97. The fourth-order valence-corrected chi connectivity index (χ4v) is 2.47. The van der Waals surface area contributed by atoms with Gasteiger partial charge >= 0.3 is 0 Å². The number of hydrogen-bond acceptors (Lipinski definition) is 2. The van der Waals surface area contributed by atoms with E-state index < -0.39 is 0 Å². The molecule has 0 saturated heterocycles. The number of benzene rings is 2. The Balaban J connectivity index is 2.33. The Kier molecular flexibility index (Phi) is 4.56. The summed E-state index contributed by atoms with van der Waals surface area (Å²) >= 11 is 7.63. The third-order valence-electron chi connectivity index (χ3n) is 2.65. The lowest BCUT2D eigenvalue weighted by Gasteiger charge is -2.12. The monoisotopic (exact) mass is 278 g/mol. The van der Waals surface area contributed by atoms with E-state index in [1.54, 1.807) is 11.8 Å². The molecule has 0 heterocycles. The standard InChI is InChI=1S/C15H15ClOS/c1-11-7-8-13(12(9-11)10-16)17-14-5-3-4-6-15(14)18-2/h3-9H,10H2,1-2H3. The zero-order chi connectivity index (χ0) is 13.0. The van der Waals surface area contributed by atoms with E-state index in [9.17, 15) is 0 Å². The number of thioether (sulfide) groups is 1. The third-order valence-corrected chi connectivity index (χ3v) is 3.71. The molecule has 0 aliphatic rings. The van der Waals surface area contributed by atoms with E-state index in [0.29, 0.717) is 5.88 Å². The van der Waals surface area contributed by atoms with Gasteiger partial charge in [0.2, 0.25) is 0 Å². The SMILES string of the molecule is CSc1ccccc1Oc1ccc(C)cc1CCl. The van der Waals surface area contributed by atoms with Crippen LogP contribution in [0, 0.1) is 6.92 Å². The molecule has 0 amide bonds. The smallest absolute Gasteiger partial charge is 0.140 e. The van der Waals surface area contributed by atoms with Crippen molar-refractivity contribution in [1.29, 1.82) is 0 Å². The first-order valence-electron chi connectivity index (χ1n) is 5.71. The highest BCUT2D eigenvalue weighted by Crippen LogP contribution is 2.33. The molecule has 0 bridgehead atoms. The average molecular weight is 279 g/mol. The predicted octanol–water partition coefficient (Wildman–Crippen LogP) is 5.25. The summed E-state index contributed by atoms with van der Waals surface area (Å²) in [7, 11) is 0. The molecule has 2 rings (SSSR count). The minimum absolute atomic E-state index is 0.457. The molecule has 94 valence electrons. The third kappa shape index (κ3) is 3.01. The van der Waals surface area contributed by atoms with Gasteiger partial charge in [-0.3, -0.25) is 0 Å². The van der Waals surface area contributed by atoms with Crippen LogP contribution in [0.15, 0.2) is 47.4 Å². The van der Waals surface area contributed by atoms with Crippen molar-refractivity contribution in [2.75, 3.05) is 6.26 Å². The van der Waals surface area contributed by atoms with Gasteiger partial charge in [-0.25, -0.2) is 0 Å². The van der Waals surface area contributed by atoms with Crippen LogP contribution in [0.4, 0.5) is 0 Å². The Morgan fingerprint density at radius 1 is 1.11 bits per heavy atom. The molecule has 0 aliphatic carbocycles. The van der Waals surface area contributed by atoms with Crippen molar-refractivity contribution in [3.05, 3.63) is 53.6 Å². The Hall–Kier alpha value is -1.12. The summed E-state index contributed by atoms with van der Waals surface area (Å²) < 4.78 is 5.97. The zero-order valence-corrected chi connectivity index (χ0v) is 12.0. The van der Waals surface area contributed by atoms with Crippen molar-refractivity contribution in [3.8, 4) is 11.5 Å². The lowest BCUT2D eigenvalue weighted by Crippen LogP contribution is -1.91. The summed E-state index contributed by atoms with van der Waals surface area (Å²) in [5.41, 5.74) is 2.21. The van der Waals surface area contributed by atoms with Gasteiger partial charge in [0.15, 0.2) is 0 Å². The number of para-hydroxylation sites is 1. The van der Waals surface area contributed by atoms with Crippen LogP contribution in [0.5, 0.6) is 11.5 Å². The summed E-state index contributed by atoms with van der Waals surface area (Å²) in [6, 6.07) is 14.1. The van der Waals surface area contributed by atoms with Crippen LogP contribution in [-0.2, 0) is 5.88 Å². The van der Waals surface area contributed by atoms with Gasteiger partial charge in [-0.15, -0.1) is 23.4 Å². The molecule has 0 fully saturated rings. The van der Waals surface area contributed by atoms with E-state index in [1.165, 1.54) is 5.56 Å². The molecule has 0 aliphatic heterocycles. The van der Waals surface area contributed by atoms with Crippen LogP contribution in [0.25, 0.3) is 0 Å². The Morgan fingerprint density at radius 3 is 2.61 bits per heavy atom. The van der Waals surface area contributed by atoms with Crippen molar-refractivity contribution in [3.63, 3.8) is 0 Å². The van der Waals surface area contributed by atoms with Crippen LogP contribution in [0.1, 0.15) is 11.1 Å². The molecular formula is C15H15ClOS. The highest BCUT2D eigenvalue weighted by molar-refractivity contribution is 7.98. The summed E-state index contributed by atoms with van der Waals surface area (Å²) in [6.07, 6.45) is 2.04. The molecule has 0 unspecified atom stereocenters. The highest BCUT2D eigenvalue weighted by Gasteiger charge is 2.07. The summed E-state index contributed by atoms with van der Waals surface area (Å²) in [5, 5.41) is 0. The van der Waals surface area contributed by atoms with Crippen LogP contribution < -0.4 is 4.74 Å². The van der Waals surface area contributed by atoms with Crippen molar-refractivity contribution >= 4 is 23.4 Å². The average Bonchev–Trinajstić information content (AvgIpc) is 2.41. The zero-order valence-electron chi connectivity index (χ0n) is 10.4. The lowest BCUT2D eigenvalue weighted by molar-refractivity contribution is 0.467. The van der Waals surface area contributed by atoms with Gasteiger partial charge in [0.05, 0.1) is 5.88 Å². The molecule has 0 spiro atoms. The fourth-order valence-electron chi connectivity index (χ4n) is 1.73. The van der Waals surface area contributed by atoms with E-state index in [0.717, 1.165) is 22.0 Å². The number of rotatable bonds is 4.